The molecule has 0 aliphatic carbocycles. The van der Waals surface area contributed by atoms with Crippen LogP contribution >= 0.6 is 35.3 Å². The SMILES string of the molecule is CCNC(=NCc1scnc1C)NCC(C)COCc1ccccc1.I. The van der Waals surface area contributed by atoms with Gasteiger partial charge in [0.2, 0.25) is 0 Å². The molecule has 0 fully saturated rings. The molecule has 0 saturated carbocycles. The van der Waals surface area contributed by atoms with Gasteiger partial charge < -0.3 is 15.4 Å². The quantitative estimate of drug-likeness (QED) is 0.319. The average Bonchev–Trinajstić information content (AvgIpc) is 3.03. The number of halogens is 1. The highest BCUT2D eigenvalue weighted by atomic mass is 127. The normalized spacial score (nSPS) is 12.3. The van der Waals surface area contributed by atoms with E-state index < -0.39 is 0 Å². The summed E-state index contributed by atoms with van der Waals surface area (Å²) in [5.74, 6) is 1.24. The molecule has 0 radical (unpaired) electrons. The lowest BCUT2D eigenvalue weighted by Gasteiger charge is -2.16. The molecule has 5 nitrogen and oxygen atoms in total. The van der Waals surface area contributed by atoms with Gasteiger partial charge in [0.15, 0.2) is 5.96 Å². The topological polar surface area (TPSA) is 58.5 Å². The Morgan fingerprint density at radius 2 is 2.04 bits per heavy atom. The summed E-state index contributed by atoms with van der Waals surface area (Å²) in [5, 5.41) is 6.68. The van der Waals surface area contributed by atoms with Crippen molar-refractivity contribution in [2.45, 2.75) is 33.9 Å². The molecule has 1 heterocycles. The van der Waals surface area contributed by atoms with Crippen LogP contribution in [0.4, 0.5) is 0 Å². The van der Waals surface area contributed by atoms with E-state index in [1.165, 1.54) is 10.4 Å². The van der Waals surface area contributed by atoms with Crippen LogP contribution in [-0.4, -0.2) is 30.6 Å². The first-order valence-electron chi connectivity index (χ1n) is 8.71. The Bertz CT molecular complexity index is 648. The fourth-order valence-electron chi connectivity index (χ4n) is 2.25. The highest BCUT2D eigenvalue weighted by Crippen LogP contribution is 2.12. The van der Waals surface area contributed by atoms with E-state index in [4.69, 9.17) is 4.74 Å². The smallest absolute Gasteiger partial charge is 0.191 e. The average molecular weight is 488 g/mol. The van der Waals surface area contributed by atoms with E-state index in [0.29, 0.717) is 19.1 Å². The van der Waals surface area contributed by atoms with Crippen LogP contribution in [0.5, 0.6) is 0 Å². The van der Waals surface area contributed by atoms with Crippen LogP contribution in [0.15, 0.2) is 40.8 Å². The Morgan fingerprint density at radius 3 is 2.69 bits per heavy atom. The van der Waals surface area contributed by atoms with Gasteiger partial charge in [-0.3, -0.25) is 0 Å². The van der Waals surface area contributed by atoms with Crippen molar-refractivity contribution in [3.8, 4) is 0 Å². The summed E-state index contributed by atoms with van der Waals surface area (Å²) in [6.45, 7) is 9.96. The third-order valence-corrected chi connectivity index (χ3v) is 4.62. The molecule has 1 atom stereocenters. The molecule has 0 amide bonds. The van der Waals surface area contributed by atoms with Crippen LogP contribution in [0.3, 0.4) is 0 Å². The first-order chi connectivity index (χ1) is 12.2. The highest BCUT2D eigenvalue weighted by Gasteiger charge is 2.06. The number of nitrogens with zero attached hydrogens (tertiary/aromatic N) is 2. The number of hydrogen-bond donors (Lipinski definition) is 2. The van der Waals surface area contributed by atoms with Crippen molar-refractivity contribution in [2.75, 3.05) is 19.7 Å². The standard InChI is InChI=1S/C19H28N4OS.HI/c1-4-20-19(22-11-18-16(3)23-14-25-18)21-10-15(2)12-24-13-17-8-6-5-7-9-17;/h5-9,14-15H,4,10-13H2,1-3H3,(H2,20,21,22);1H. The number of benzene rings is 1. The third kappa shape index (κ3) is 8.46. The van der Waals surface area contributed by atoms with Crippen molar-refractivity contribution in [1.29, 1.82) is 0 Å². The molecule has 144 valence electrons. The zero-order valence-electron chi connectivity index (χ0n) is 15.7. The number of thiazole rings is 1. The van der Waals surface area contributed by atoms with E-state index in [0.717, 1.165) is 31.3 Å². The van der Waals surface area contributed by atoms with Gasteiger partial charge in [0, 0.05) is 18.0 Å². The van der Waals surface area contributed by atoms with E-state index >= 15 is 0 Å². The molecule has 0 spiro atoms. The fraction of sp³-hybridized carbons (Fsp3) is 0.474. The summed E-state index contributed by atoms with van der Waals surface area (Å²) in [4.78, 5) is 10.1. The maximum atomic E-state index is 5.80. The highest BCUT2D eigenvalue weighted by molar-refractivity contribution is 14.0. The van der Waals surface area contributed by atoms with Crippen LogP contribution in [0, 0.1) is 12.8 Å². The minimum atomic E-state index is 0. The molecule has 0 bridgehead atoms. The maximum Gasteiger partial charge on any atom is 0.191 e. The van der Waals surface area contributed by atoms with Crippen molar-refractivity contribution in [3.05, 3.63) is 52.0 Å². The predicted molar refractivity (Wildman–Crippen MR) is 120 cm³/mol. The summed E-state index contributed by atoms with van der Waals surface area (Å²) >= 11 is 1.65. The van der Waals surface area contributed by atoms with E-state index in [1.807, 2.05) is 30.6 Å². The molecule has 2 aromatic rings. The Hall–Kier alpha value is -1.19. The third-order valence-electron chi connectivity index (χ3n) is 3.70. The number of guanidine groups is 1. The Kier molecular flexibility index (Phi) is 11.5. The van der Waals surface area contributed by atoms with Crippen LogP contribution in [-0.2, 0) is 17.9 Å². The number of aryl methyl sites for hydroxylation is 1. The minimum absolute atomic E-state index is 0. The summed E-state index contributed by atoms with van der Waals surface area (Å²) in [7, 11) is 0. The lowest BCUT2D eigenvalue weighted by Crippen LogP contribution is -2.40. The Balaban J connectivity index is 0.00000338. The molecule has 2 rings (SSSR count). The van der Waals surface area contributed by atoms with Crippen LogP contribution < -0.4 is 10.6 Å². The summed E-state index contributed by atoms with van der Waals surface area (Å²) in [6.07, 6.45) is 0. The lowest BCUT2D eigenvalue weighted by molar-refractivity contribution is 0.0931. The molecule has 1 unspecified atom stereocenters. The summed E-state index contributed by atoms with van der Waals surface area (Å²) in [5.41, 5.74) is 4.14. The van der Waals surface area contributed by atoms with Crippen LogP contribution in [0.25, 0.3) is 0 Å². The van der Waals surface area contributed by atoms with Gasteiger partial charge in [-0.15, -0.1) is 35.3 Å². The Labute approximate surface area is 177 Å². The molecule has 0 saturated heterocycles. The summed E-state index contributed by atoms with van der Waals surface area (Å²) < 4.78 is 5.80. The molecule has 0 aliphatic heterocycles. The van der Waals surface area contributed by atoms with Crippen LogP contribution in [0.2, 0.25) is 0 Å². The Morgan fingerprint density at radius 1 is 1.27 bits per heavy atom. The van der Waals surface area contributed by atoms with Gasteiger partial charge >= 0.3 is 0 Å². The van der Waals surface area contributed by atoms with Crippen LogP contribution in [0.1, 0.15) is 30.0 Å². The zero-order valence-corrected chi connectivity index (χ0v) is 18.8. The molecule has 1 aromatic carbocycles. The van der Waals surface area contributed by atoms with Crippen molar-refractivity contribution < 1.29 is 4.74 Å². The number of ether oxygens (including phenoxy) is 1. The number of hydrogen-bond acceptors (Lipinski definition) is 4. The first-order valence-corrected chi connectivity index (χ1v) is 9.59. The maximum absolute atomic E-state index is 5.80. The number of nitrogens with one attached hydrogen (secondary N) is 2. The van der Waals surface area contributed by atoms with Crippen molar-refractivity contribution >= 4 is 41.3 Å². The predicted octanol–water partition coefficient (Wildman–Crippen LogP) is 3.98. The molecule has 7 heteroatoms. The monoisotopic (exact) mass is 488 g/mol. The van der Waals surface area contributed by atoms with Gasteiger partial charge in [0.25, 0.3) is 0 Å². The van der Waals surface area contributed by atoms with Crippen molar-refractivity contribution in [2.24, 2.45) is 10.9 Å². The lowest BCUT2D eigenvalue weighted by atomic mass is 10.2. The number of aromatic nitrogens is 1. The second kappa shape index (κ2) is 13.1. The second-order valence-electron chi connectivity index (χ2n) is 6.04. The molecule has 0 aliphatic rings. The van der Waals surface area contributed by atoms with Gasteiger partial charge in [0.05, 0.1) is 31.0 Å². The molecule has 26 heavy (non-hydrogen) atoms. The van der Waals surface area contributed by atoms with E-state index in [2.05, 4.69) is 46.6 Å². The van der Waals surface area contributed by atoms with Gasteiger partial charge in [-0.25, -0.2) is 9.98 Å². The molecule has 1 aromatic heterocycles. The molecule has 2 N–H and O–H groups in total. The van der Waals surface area contributed by atoms with Crippen molar-refractivity contribution in [1.82, 2.24) is 15.6 Å². The zero-order chi connectivity index (χ0) is 17.9. The van der Waals surface area contributed by atoms with Gasteiger partial charge in [-0.05, 0) is 25.3 Å². The van der Waals surface area contributed by atoms with Gasteiger partial charge in [0.1, 0.15) is 0 Å². The van der Waals surface area contributed by atoms with E-state index in [1.54, 1.807) is 11.3 Å². The number of aliphatic imine (C=N–C) groups is 1. The second-order valence-corrected chi connectivity index (χ2v) is 6.98. The fourth-order valence-corrected chi connectivity index (χ4v) is 2.95. The van der Waals surface area contributed by atoms with E-state index in [-0.39, 0.29) is 24.0 Å². The van der Waals surface area contributed by atoms with Crippen molar-refractivity contribution in [3.63, 3.8) is 0 Å². The summed E-state index contributed by atoms with van der Waals surface area (Å²) in [6, 6.07) is 10.3. The van der Waals surface area contributed by atoms with Gasteiger partial charge in [-0.2, -0.15) is 0 Å². The first kappa shape index (κ1) is 22.9. The van der Waals surface area contributed by atoms with Gasteiger partial charge in [-0.1, -0.05) is 37.3 Å². The number of rotatable bonds is 9. The molecular formula is C19H29IN4OS. The van der Waals surface area contributed by atoms with E-state index in [9.17, 15) is 0 Å². The largest absolute Gasteiger partial charge is 0.376 e. The molecular weight excluding hydrogens is 459 g/mol. The minimum Gasteiger partial charge on any atom is -0.376 e.